The molecule has 0 aliphatic carbocycles. The maximum atomic E-state index is 13.5. The van der Waals surface area contributed by atoms with Gasteiger partial charge in [-0.05, 0) is 24.1 Å². The number of fused-ring (bicyclic) bond motifs is 1. The molecule has 1 aliphatic rings. The lowest BCUT2D eigenvalue weighted by molar-refractivity contribution is 0.0595. The molecule has 0 N–H and O–H groups in total. The fourth-order valence-corrected chi connectivity index (χ4v) is 7.08. The van der Waals surface area contributed by atoms with Gasteiger partial charge in [-0.2, -0.15) is 4.31 Å². The lowest BCUT2D eigenvalue weighted by Gasteiger charge is -2.27. The molecule has 0 saturated carbocycles. The summed E-state index contributed by atoms with van der Waals surface area (Å²) in [5.74, 6) is -3.06. The fourth-order valence-electron chi connectivity index (χ4n) is 3.58. The molecular weight excluding hydrogens is 450 g/mol. The molecule has 0 saturated heterocycles. The number of halogens is 2. The van der Waals surface area contributed by atoms with Gasteiger partial charge in [-0.25, -0.2) is 22.0 Å². The van der Waals surface area contributed by atoms with Crippen LogP contribution in [0.3, 0.4) is 0 Å². The van der Waals surface area contributed by atoms with E-state index in [0.29, 0.717) is 16.5 Å². The average Bonchev–Trinajstić information content (AvgIpc) is 3.12. The largest absolute Gasteiger partial charge is 0.465 e. The number of nitrogens with zero attached hydrogens (tertiary/aromatic N) is 2. The topological polar surface area (TPSA) is 84.0 Å². The van der Waals surface area contributed by atoms with Gasteiger partial charge in [-0.1, -0.05) is 13.8 Å². The van der Waals surface area contributed by atoms with Gasteiger partial charge >= 0.3 is 5.97 Å². The van der Waals surface area contributed by atoms with E-state index in [2.05, 4.69) is 0 Å². The van der Waals surface area contributed by atoms with Crippen LogP contribution in [0.5, 0.6) is 0 Å². The number of rotatable bonds is 6. The molecule has 0 radical (unpaired) electrons. The Labute approximate surface area is 183 Å². The highest BCUT2D eigenvalue weighted by Crippen LogP contribution is 2.38. The van der Waals surface area contributed by atoms with Crippen LogP contribution >= 0.6 is 11.3 Å². The Bertz CT molecular complexity index is 1110. The SMILES string of the molecule is CCN(CC)S(=O)(=O)c1sc2c(c1C(=O)OC)CCN(C(=O)c1cc(F)cc(F)c1)C2. The van der Waals surface area contributed by atoms with Crippen LogP contribution in [0, 0.1) is 11.6 Å². The van der Waals surface area contributed by atoms with Crippen LogP contribution in [0.4, 0.5) is 8.78 Å². The summed E-state index contributed by atoms with van der Waals surface area (Å²) in [6.07, 6.45) is 0.216. The van der Waals surface area contributed by atoms with Crippen molar-refractivity contribution in [2.75, 3.05) is 26.7 Å². The van der Waals surface area contributed by atoms with Gasteiger partial charge in [0.1, 0.15) is 15.8 Å². The number of ether oxygens (including phenoxy) is 1. The van der Waals surface area contributed by atoms with E-state index in [1.807, 2.05) is 0 Å². The zero-order valence-corrected chi connectivity index (χ0v) is 18.9. The summed E-state index contributed by atoms with van der Waals surface area (Å²) >= 11 is 0.922. The van der Waals surface area contributed by atoms with Crippen molar-refractivity contribution in [2.24, 2.45) is 0 Å². The minimum absolute atomic E-state index is 0.00158. The third-order valence-corrected chi connectivity index (χ3v) is 8.85. The molecule has 2 heterocycles. The average molecular weight is 473 g/mol. The van der Waals surface area contributed by atoms with Crippen LogP contribution in [0.15, 0.2) is 22.4 Å². The third-order valence-electron chi connectivity index (χ3n) is 5.09. The Morgan fingerprint density at radius 1 is 1.16 bits per heavy atom. The quantitative estimate of drug-likeness (QED) is 0.604. The monoisotopic (exact) mass is 472 g/mol. The molecular formula is C20H22F2N2O5S2. The highest BCUT2D eigenvalue weighted by molar-refractivity contribution is 7.91. The van der Waals surface area contributed by atoms with E-state index in [4.69, 9.17) is 4.74 Å². The Kier molecular flexibility index (Phi) is 6.77. The molecule has 0 atom stereocenters. The van der Waals surface area contributed by atoms with Crippen LogP contribution in [-0.2, 0) is 27.7 Å². The zero-order chi connectivity index (χ0) is 22.9. The van der Waals surface area contributed by atoms with E-state index in [1.165, 1.54) is 16.3 Å². The predicted molar refractivity (Wildman–Crippen MR) is 111 cm³/mol. The van der Waals surface area contributed by atoms with E-state index in [9.17, 15) is 26.8 Å². The van der Waals surface area contributed by atoms with Gasteiger partial charge < -0.3 is 9.64 Å². The Hall–Kier alpha value is -2.37. The van der Waals surface area contributed by atoms with E-state index in [-0.39, 0.29) is 47.9 Å². The van der Waals surface area contributed by atoms with Crippen molar-refractivity contribution < 1.29 is 31.5 Å². The van der Waals surface area contributed by atoms with Gasteiger partial charge in [-0.3, -0.25) is 4.79 Å². The van der Waals surface area contributed by atoms with Crippen molar-refractivity contribution in [3.63, 3.8) is 0 Å². The first-order chi connectivity index (χ1) is 14.6. The van der Waals surface area contributed by atoms with E-state index in [1.54, 1.807) is 13.8 Å². The zero-order valence-electron chi connectivity index (χ0n) is 17.3. The number of hydrogen-bond acceptors (Lipinski definition) is 6. The molecule has 2 aromatic rings. The van der Waals surface area contributed by atoms with Crippen LogP contribution in [0.25, 0.3) is 0 Å². The standard InChI is InChI=1S/C20H22F2N2O5S2/c1-4-24(5-2)31(27,28)20-17(19(26)29-3)15-6-7-23(11-16(15)30-20)18(25)12-8-13(21)10-14(22)9-12/h8-10H,4-7,11H2,1-3H3. The molecule has 1 amide bonds. The fraction of sp³-hybridized carbons (Fsp3) is 0.400. The summed E-state index contributed by atoms with van der Waals surface area (Å²) in [5.41, 5.74) is 0.386. The first-order valence-electron chi connectivity index (χ1n) is 9.62. The molecule has 0 unspecified atom stereocenters. The summed E-state index contributed by atoms with van der Waals surface area (Å²) in [6.45, 7) is 4.05. The first kappa shape index (κ1) is 23.3. The second kappa shape index (κ2) is 9.01. The molecule has 1 aliphatic heterocycles. The molecule has 0 spiro atoms. The van der Waals surface area contributed by atoms with Crippen molar-refractivity contribution in [3.05, 3.63) is 51.4 Å². The van der Waals surface area contributed by atoms with Crippen LogP contribution < -0.4 is 0 Å². The highest BCUT2D eigenvalue weighted by Gasteiger charge is 2.37. The normalized spacial score (nSPS) is 13.9. The maximum Gasteiger partial charge on any atom is 0.340 e. The smallest absolute Gasteiger partial charge is 0.340 e. The molecule has 31 heavy (non-hydrogen) atoms. The molecule has 3 rings (SSSR count). The van der Waals surface area contributed by atoms with Crippen molar-refractivity contribution in [1.82, 2.24) is 9.21 Å². The number of amides is 1. The summed E-state index contributed by atoms with van der Waals surface area (Å²) < 4.78 is 59.3. The van der Waals surface area contributed by atoms with Crippen LogP contribution in [0.2, 0.25) is 0 Å². The van der Waals surface area contributed by atoms with E-state index >= 15 is 0 Å². The number of esters is 1. The molecule has 1 aromatic carbocycles. The first-order valence-corrected chi connectivity index (χ1v) is 11.9. The number of thiophene rings is 1. The van der Waals surface area contributed by atoms with Gasteiger partial charge in [-0.15, -0.1) is 11.3 Å². The van der Waals surface area contributed by atoms with Gasteiger partial charge in [0.15, 0.2) is 0 Å². The number of carbonyl (C=O) groups is 2. The lowest BCUT2D eigenvalue weighted by Crippen LogP contribution is -2.36. The van der Waals surface area contributed by atoms with Crippen molar-refractivity contribution in [1.29, 1.82) is 0 Å². The summed E-state index contributed by atoms with van der Waals surface area (Å²) in [6, 6.07) is 2.58. The molecule has 1 aromatic heterocycles. The van der Waals surface area contributed by atoms with Crippen LogP contribution in [0.1, 0.15) is 45.0 Å². The molecule has 0 fully saturated rings. The summed E-state index contributed by atoms with van der Waals surface area (Å²) in [4.78, 5) is 27.1. The van der Waals surface area contributed by atoms with E-state index < -0.39 is 33.5 Å². The number of methoxy groups -OCH3 is 1. The Morgan fingerprint density at radius 2 is 1.77 bits per heavy atom. The molecule has 0 bridgehead atoms. The Morgan fingerprint density at radius 3 is 2.32 bits per heavy atom. The highest BCUT2D eigenvalue weighted by atomic mass is 32.2. The van der Waals surface area contributed by atoms with Crippen molar-refractivity contribution >= 4 is 33.2 Å². The number of carbonyl (C=O) groups excluding carboxylic acids is 2. The van der Waals surface area contributed by atoms with Gasteiger partial charge in [0.25, 0.3) is 15.9 Å². The number of hydrogen-bond donors (Lipinski definition) is 0. The van der Waals surface area contributed by atoms with E-state index in [0.717, 1.165) is 23.5 Å². The second-order valence-corrected chi connectivity index (χ2v) is 10.1. The van der Waals surface area contributed by atoms with Gasteiger partial charge in [0.2, 0.25) is 0 Å². The number of benzene rings is 1. The van der Waals surface area contributed by atoms with Gasteiger partial charge in [0, 0.05) is 36.1 Å². The minimum Gasteiger partial charge on any atom is -0.465 e. The molecule has 168 valence electrons. The molecule has 7 nitrogen and oxygen atoms in total. The predicted octanol–water partition coefficient (Wildman–Crippen LogP) is 3.04. The lowest BCUT2D eigenvalue weighted by atomic mass is 10.0. The summed E-state index contributed by atoms with van der Waals surface area (Å²) in [7, 11) is -2.76. The van der Waals surface area contributed by atoms with Gasteiger partial charge in [0.05, 0.1) is 19.2 Å². The van der Waals surface area contributed by atoms with Crippen molar-refractivity contribution in [3.8, 4) is 0 Å². The Balaban J connectivity index is 2.02. The minimum atomic E-state index is -3.93. The maximum absolute atomic E-state index is 13.5. The second-order valence-electron chi connectivity index (χ2n) is 6.88. The molecule has 11 heteroatoms. The summed E-state index contributed by atoms with van der Waals surface area (Å²) in [5, 5.41) is 0. The van der Waals surface area contributed by atoms with Crippen molar-refractivity contribution in [2.45, 2.75) is 31.0 Å². The third kappa shape index (κ3) is 4.35. The number of sulfonamides is 1. The van der Waals surface area contributed by atoms with Crippen LogP contribution in [-0.4, -0.2) is 56.2 Å².